The lowest BCUT2D eigenvalue weighted by Crippen LogP contribution is -2.01. The molecule has 0 radical (unpaired) electrons. The van der Waals surface area contributed by atoms with Crippen LogP contribution in [-0.2, 0) is 6.54 Å². The first-order chi connectivity index (χ1) is 12.7. The molecule has 4 rings (SSSR count). The van der Waals surface area contributed by atoms with Crippen molar-refractivity contribution in [2.75, 3.05) is 7.11 Å². The van der Waals surface area contributed by atoms with E-state index in [0.717, 1.165) is 22.2 Å². The molecule has 6 heteroatoms. The highest BCUT2D eigenvalue weighted by Crippen LogP contribution is 2.32. The number of aromatic nitrogens is 2. The van der Waals surface area contributed by atoms with Crippen LogP contribution in [0.2, 0.25) is 0 Å². The minimum Gasteiger partial charge on any atom is -0.497 e. The first-order valence-corrected chi connectivity index (χ1v) is 8.07. The van der Waals surface area contributed by atoms with Crippen molar-refractivity contribution in [1.82, 2.24) is 9.78 Å². The van der Waals surface area contributed by atoms with Gasteiger partial charge in [0.05, 0.1) is 19.2 Å². The first-order valence-electron chi connectivity index (χ1n) is 8.07. The molecule has 0 atom stereocenters. The van der Waals surface area contributed by atoms with Crippen LogP contribution in [-0.4, -0.2) is 28.0 Å². The summed E-state index contributed by atoms with van der Waals surface area (Å²) in [5.41, 5.74) is 2.60. The number of furan rings is 1. The molecule has 0 saturated carbocycles. The average molecular weight is 348 g/mol. The lowest BCUT2D eigenvalue weighted by molar-refractivity contribution is 0.0663. The number of rotatable bonds is 5. The summed E-state index contributed by atoms with van der Waals surface area (Å²) in [5, 5.41) is 14.6. The van der Waals surface area contributed by atoms with Crippen LogP contribution >= 0.6 is 0 Å². The molecule has 2 aromatic carbocycles. The monoisotopic (exact) mass is 348 g/mol. The summed E-state index contributed by atoms with van der Waals surface area (Å²) in [5.74, 6) is -0.0708. The largest absolute Gasteiger partial charge is 0.497 e. The second-order valence-electron chi connectivity index (χ2n) is 5.84. The van der Waals surface area contributed by atoms with E-state index < -0.39 is 5.97 Å². The molecule has 0 fully saturated rings. The fraction of sp³-hybridized carbons (Fsp3) is 0.100. The van der Waals surface area contributed by atoms with Gasteiger partial charge in [0, 0.05) is 11.5 Å². The number of carboxylic acid groups (broad SMARTS) is 1. The number of carboxylic acids is 1. The maximum absolute atomic E-state index is 11.1. The highest BCUT2D eigenvalue weighted by molar-refractivity contribution is 5.94. The van der Waals surface area contributed by atoms with Crippen molar-refractivity contribution in [2.24, 2.45) is 0 Å². The molecule has 0 aliphatic carbocycles. The van der Waals surface area contributed by atoms with Crippen LogP contribution in [0.4, 0.5) is 0 Å². The molecule has 0 spiro atoms. The van der Waals surface area contributed by atoms with Gasteiger partial charge in [-0.2, -0.15) is 5.10 Å². The van der Waals surface area contributed by atoms with E-state index in [-0.39, 0.29) is 5.76 Å². The fourth-order valence-electron chi connectivity index (χ4n) is 2.92. The number of methoxy groups -OCH3 is 1. The van der Waals surface area contributed by atoms with E-state index in [9.17, 15) is 4.79 Å². The molecule has 0 unspecified atom stereocenters. The number of benzene rings is 2. The highest BCUT2D eigenvalue weighted by atomic mass is 16.5. The average Bonchev–Trinajstić information content (AvgIpc) is 3.28. The Bertz CT molecular complexity index is 1080. The topological polar surface area (TPSA) is 77.5 Å². The summed E-state index contributed by atoms with van der Waals surface area (Å²) in [6, 6.07) is 18.7. The standard InChI is InChI=1S/C20H16N2O4/c1-25-14-7-8-15-16(11-14)22(12-13-5-3-2-4-6-13)21-19(15)17-9-10-18(26-17)20(23)24/h2-11H,12H2,1H3,(H,23,24). The third-order valence-corrected chi connectivity index (χ3v) is 4.18. The lowest BCUT2D eigenvalue weighted by atomic mass is 10.1. The minimum atomic E-state index is -1.11. The molecule has 6 nitrogen and oxygen atoms in total. The number of hydrogen-bond acceptors (Lipinski definition) is 4. The Balaban J connectivity index is 1.86. The Morgan fingerprint density at radius 1 is 1.15 bits per heavy atom. The van der Waals surface area contributed by atoms with Crippen LogP contribution in [0.1, 0.15) is 16.1 Å². The van der Waals surface area contributed by atoms with E-state index in [1.807, 2.05) is 53.2 Å². The molecule has 0 saturated heterocycles. The van der Waals surface area contributed by atoms with Gasteiger partial charge in [0.15, 0.2) is 5.76 Å². The molecule has 0 bridgehead atoms. The number of fused-ring (bicyclic) bond motifs is 1. The quantitative estimate of drug-likeness (QED) is 0.589. The van der Waals surface area contributed by atoms with Crippen molar-refractivity contribution in [1.29, 1.82) is 0 Å². The number of hydrogen-bond donors (Lipinski definition) is 1. The maximum Gasteiger partial charge on any atom is 0.371 e. The van der Waals surface area contributed by atoms with Crippen molar-refractivity contribution in [3.8, 4) is 17.2 Å². The SMILES string of the molecule is COc1ccc2c(-c3ccc(C(=O)O)o3)nn(Cc3ccccc3)c2c1. The van der Waals surface area contributed by atoms with Crippen LogP contribution in [0.5, 0.6) is 5.75 Å². The Labute approximate surface area is 149 Å². The third kappa shape index (κ3) is 2.82. The van der Waals surface area contributed by atoms with Gasteiger partial charge in [-0.05, 0) is 29.8 Å². The molecule has 130 valence electrons. The Morgan fingerprint density at radius 2 is 1.96 bits per heavy atom. The van der Waals surface area contributed by atoms with Crippen LogP contribution < -0.4 is 4.74 Å². The van der Waals surface area contributed by atoms with Gasteiger partial charge in [-0.15, -0.1) is 0 Å². The number of nitrogens with zero attached hydrogens (tertiary/aromatic N) is 2. The first kappa shape index (κ1) is 16.0. The van der Waals surface area contributed by atoms with Gasteiger partial charge in [0.1, 0.15) is 11.4 Å². The molecule has 2 heterocycles. The van der Waals surface area contributed by atoms with Crippen molar-refractivity contribution >= 4 is 16.9 Å². The van der Waals surface area contributed by atoms with E-state index in [4.69, 9.17) is 14.3 Å². The second-order valence-corrected chi connectivity index (χ2v) is 5.84. The van der Waals surface area contributed by atoms with Crippen molar-refractivity contribution in [2.45, 2.75) is 6.54 Å². The predicted molar refractivity (Wildman–Crippen MR) is 96.5 cm³/mol. The van der Waals surface area contributed by atoms with Crippen molar-refractivity contribution in [3.63, 3.8) is 0 Å². The summed E-state index contributed by atoms with van der Waals surface area (Å²) in [6.45, 7) is 0.580. The van der Waals surface area contributed by atoms with Crippen LogP contribution in [0.3, 0.4) is 0 Å². The van der Waals surface area contributed by atoms with Gasteiger partial charge in [-0.3, -0.25) is 4.68 Å². The van der Waals surface area contributed by atoms with Gasteiger partial charge < -0.3 is 14.3 Å². The highest BCUT2D eigenvalue weighted by Gasteiger charge is 2.18. The van der Waals surface area contributed by atoms with Crippen LogP contribution in [0, 0.1) is 0 Å². The van der Waals surface area contributed by atoms with Gasteiger partial charge >= 0.3 is 5.97 Å². The molecular weight excluding hydrogens is 332 g/mol. The molecule has 0 aliphatic rings. The Kier molecular flexibility index (Phi) is 3.93. The van der Waals surface area contributed by atoms with E-state index in [0.29, 0.717) is 18.0 Å². The molecule has 4 aromatic rings. The summed E-state index contributed by atoms with van der Waals surface area (Å²) in [6.07, 6.45) is 0. The second kappa shape index (κ2) is 6.40. The smallest absolute Gasteiger partial charge is 0.371 e. The zero-order valence-electron chi connectivity index (χ0n) is 14.0. The molecule has 2 aromatic heterocycles. The normalized spacial score (nSPS) is 11.0. The van der Waals surface area contributed by atoms with E-state index in [1.54, 1.807) is 13.2 Å². The van der Waals surface area contributed by atoms with Crippen molar-refractivity contribution in [3.05, 3.63) is 72.0 Å². The van der Waals surface area contributed by atoms with E-state index in [1.165, 1.54) is 6.07 Å². The number of ether oxygens (including phenoxy) is 1. The maximum atomic E-state index is 11.1. The van der Waals surface area contributed by atoms with Gasteiger partial charge in [-0.1, -0.05) is 30.3 Å². The zero-order chi connectivity index (χ0) is 18.1. The summed E-state index contributed by atoms with van der Waals surface area (Å²) in [7, 11) is 1.62. The van der Waals surface area contributed by atoms with E-state index in [2.05, 4.69) is 5.10 Å². The zero-order valence-corrected chi connectivity index (χ0v) is 14.0. The van der Waals surface area contributed by atoms with Gasteiger partial charge in [-0.25, -0.2) is 4.79 Å². The minimum absolute atomic E-state index is 0.112. The Morgan fingerprint density at radius 3 is 2.65 bits per heavy atom. The lowest BCUT2D eigenvalue weighted by Gasteiger charge is -2.05. The molecule has 1 N–H and O–H groups in total. The fourth-order valence-corrected chi connectivity index (χ4v) is 2.92. The summed E-state index contributed by atoms with van der Waals surface area (Å²) in [4.78, 5) is 11.1. The van der Waals surface area contributed by atoms with Crippen LogP contribution in [0.15, 0.2) is 65.1 Å². The predicted octanol–water partition coefficient (Wildman–Crippen LogP) is 4.05. The molecule has 0 aliphatic heterocycles. The third-order valence-electron chi connectivity index (χ3n) is 4.18. The van der Waals surface area contributed by atoms with Gasteiger partial charge in [0.2, 0.25) is 5.76 Å². The van der Waals surface area contributed by atoms with Gasteiger partial charge in [0.25, 0.3) is 0 Å². The summed E-state index contributed by atoms with van der Waals surface area (Å²) >= 11 is 0. The molecule has 26 heavy (non-hydrogen) atoms. The molecule has 0 amide bonds. The van der Waals surface area contributed by atoms with Crippen molar-refractivity contribution < 1.29 is 19.1 Å². The molecular formula is C20H16N2O4. The summed E-state index contributed by atoms with van der Waals surface area (Å²) < 4.78 is 12.7. The Hall–Kier alpha value is -3.54. The number of aromatic carboxylic acids is 1. The number of carbonyl (C=O) groups is 1. The van der Waals surface area contributed by atoms with Crippen LogP contribution in [0.25, 0.3) is 22.4 Å². The van der Waals surface area contributed by atoms with E-state index >= 15 is 0 Å².